The molecule has 0 aromatic heterocycles. The first-order chi connectivity index (χ1) is 8.22. The summed E-state index contributed by atoms with van der Waals surface area (Å²) in [7, 11) is 0. The van der Waals surface area contributed by atoms with Crippen molar-refractivity contribution in [1.82, 2.24) is 0 Å². The minimum absolute atomic E-state index is 0.202. The van der Waals surface area contributed by atoms with Gasteiger partial charge in [0.15, 0.2) is 0 Å². The maximum Gasteiger partial charge on any atom is 0.338 e. The number of esters is 1. The molecule has 0 saturated carbocycles. The van der Waals surface area contributed by atoms with E-state index in [2.05, 4.69) is 0 Å². The molecule has 0 saturated heterocycles. The third kappa shape index (κ3) is 3.38. The lowest BCUT2D eigenvalue weighted by Gasteiger charge is -2.18. The summed E-state index contributed by atoms with van der Waals surface area (Å²) in [5.74, 6) is -1.69. The molecule has 0 spiro atoms. The van der Waals surface area contributed by atoms with E-state index in [1.54, 1.807) is 0 Å². The lowest BCUT2D eigenvalue weighted by Crippen LogP contribution is -2.30. The Kier molecular flexibility index (Phi) is 3.80. The Bertz CT molecular complexity index is 463. The van der Waals surface area contributed by atoms with E-state index in [0.717, 1.165) is 0 Å². The van der Waals surface area contributed by atoms with Crippen LogP contribution in [0.3, 0.4) is 0 Å². The Morgan fingerprint density at radius 3 is 2.17 bits per heavy atom. The van der Waals surface area contributed by atoms with Crippen molar-refractivity contribution in [1.29, 1.82) is 0 Å². The highest BCUT2D eigenvalue weighted by Crippen LogP contribution is 2.18. The van der Waals surface area contributed by atoms with Crippen LogP contribution in [0.25, 0.3) is 0 Å². The van der Waals surface area contributed by atoms with Gasteiger partial charge in [-0.25, -0.2) is 4.79 Å². The Labute approximate surface area is 105 Å². The number of nitrogen functional groups attached to an aromatic ring is 2. The number of carboxylic acid groups (broad SMARTS) is 1. The van der Waals surface area contributed by atoms with Crippen molar-refractivity contribution in [3.05, 3.63) is 23.8 Å². The molecule has 6 nitrogen and oxygen atoms in total. The van der Waals surface area contributed by atoms with Gasteiger partial charge in [-0.3, -0.25) is 4.79 Å². The summed E-state index contributed by atoms with van der Waals surface area (Å²) in [6.07, 6.45) is 0. The number of hydrogen-bond donors (Lipinski definition) is 3. The van der Waals surface area contributed by atoms with Crippen LogP contribution in [0, 0.1) is 5.41 Å². The van der Waals surface area contributed by atoms with Crippen LogP contribution in [0.1, 0.15) is 24.2 Å². The first-order valence-corrected chi connectivity index (χ1v) is 5.29. The largest absolute Gasteiger partial charge is 0.481 e. The lowest BCUT2D eigenvalue weighted by molar-refractivity contribution is -0.149. The monoisotopic (exact) mass is 252 g/mol. The average Bonchev–Trinajstić information content (AvgIpc) is 2.24. The van der Waals surface area contributed by atoms with E-state index in [1.807, 2.05) is 0 Å². The van der Waals surface area contributed by atoms with Gasteiger partial charge in [0.1, 0.15) is 6.61 Å². The summed E-state index contributed by atoms with van der Waals surface area (Å²) in [6, 6.07) is 4.36. The minimum Gasteiger partial charge on any atom is -0.481 e. The Hall–Kier alpha value is -2.24. The fourth-order valence-electron chi connectivity index (χ4n) is 1.19. The molecule has 6 heteroatoms. The molecule has 0 bridgehead atoms. The van der Waals surface area contributed by atoms with Gasteiger partial charge in [0, 0.05) is 11.4 Å². The molecule has 0 heterocycles. The van der Waals surface area contributed by atoms with E-state index in [9.17, 15) is 9.59 Å². The zero-order valence-corrected chi connectivity index (χ0v) is 10.3. The summed E-state index contributed by atoms with van der Waals surface area (Å²) in [5, 5.41) is 8.88. The van der Waals surface area contributed by atoms with E-state index in [1.165, 1.54) is 32.0 Å². The zero-order chi connectivity index (χ0) is 13.9. The molecule has 0 unspecified atom stereocenters. The fourth-order valence-corrected chi connectivity index (χ4v) is 1.19. The minimum atomic E-state index is -1.14. The number of carboxylic acids is 1. The third-order valence-corrected chi connectivity index (χ3v) is 2.36. The predicted octanol–water partition coefficient (Wildman–Crippen LogP) is 1.12. The molecule has 0 fully saturated rings. The molecule has 0 aliphatic rings. The molecule has 0 aliphatic carbocycles. The third-order valence-electron chi connectivity index (χ3n) is 2.36. The van der Waals surface area contributed by atoms with Gasteiger partial charge in [-0.05, 0) is 32.0 Å². The van der Waals surface area contributed by atoms with E-state index in [0.29, 0.717) is 11.4 Å². The van der Waals surface area contributed by atoms with Gasteiger partial charge in [-0.1, -0.05) is 0 Å². The number of aliphatic carboxylic acids is 1. The fraction of sp³-hybridized carbons (Fsp3) is 0.333. The second kappa shape index (κ2) is 4.95. The van der Waals surface area contributed by atoms with Crippen LogP contribution in [-0.4, -0.2) is 23.7 Å². The smallest absolute Gasteiger partial charge is 0.338 e. The van der Waals surface area contributed by atoms with Crippen molar-refractivity contribution >= 4 is 23.3 Å². The number of hydrogen-bond acceptors (Lipinski definition) is 5. The van der Waals surface area contributed by atoms with E-state index < -0.39 is 17.4 Å². The van der Waals surface area contributed by atoms with E-state index in [4.69, 9.17) is 21.3 Å². The van der Waals surface area contributed by atoms with Crippen molar-refractivity contribution in [2.24, 2.45) is 5.41 Å². The molecule has 0 radical (unpaired) electrons. The van der Waals surface area contributed by atoms with Crippen molar-refractivity contribution in [2.45, 2.75) is 13.8 Å². The van der Waals surface area contributed by atoms with Crippen molar-refractivity contribution in [3.8, 4) is 0 Å². The molecule has 0 aliphatic heterocycles. The molecule has 1 rings (SSSR count). The summed E-state index contributed by atoms with van der Waals surface area (Å²) >= 11 is 0. The molecule has 1 aromatic rings. The van der Waals surface area contributed by atoms with Crippen LogP contribution >= 0.6 is 0 Å². The zero-order valence-electron chi connectivity index (χ0n) is 10.3. The van der Waals surface area contributed by atoms with Crippen LogP contribution in [0.2, 0.25) is 0 Å². The van der Waals surface area contributed by atoms with Gasteiger partial charge < -0.3 is 21.3 Å². The van der Waals surface area contributed by atoms with Crippen LogP contribution in [0.5, 0.6) is 0 Å². The van der Waals surface area contributed by atoms with Gasteiger partial charge in [0.2, 0.25) is 0 Å². The van der Waals surface area contributed by atoms with Crippen molar-refractivity contribution in [2.75, 3.05) is 18.1 Å². The average molecular weight is 252 g/mol. The molecule has 98 valence electrons. The van der Waals surface area contributed by atoms with Gasteiger partial charge in [-0.2, -0.15) is 0 Å². The maximum absolute atomic E-state index is 11.7. The number of ether oxygens (including phenoxy) is 1. The molecule has 1 aromatic carbocycles. The summed E-state index contributed by atoms with van der Waals surface area (Å²) < 4.78 is 4.93. The number of carbonyl (C=O) groups excluding carboxylic acids is 1. The second-order valence-corrected chi connectivity index (χ2v) is 4.65. The van der Waals surface area contributed by atoms with Crippen LogP contribution in [-0.2, 0) is 9.53 Å². The highest BCUT2D eigenvalue weighted by Gasteiger charge is 2.29. The number of anilines is 2. The lowest BCUT2D eigenvalue weighted by atomic mass is 9.95. The first-order valence-electron chi connectivity index (χ1n) is 5.29. The molecule has 0 atom stereocenters. The van der Waals surface area contributed by atoms with Gasteiger partial charge in [-0.15, -0.1) is 0 Å². The highest BCUT2D eigenvalue weighted by atomic mass is 16.5. The van der Waals surface area contributed by atoms with E-state index in [-0.39, 0.29) is 12.2 Å². The molecule has 5 N–H and O–H groups in total. The van der Waals surface area contributed by atoms with E-state index >= 15 is 0 Å². The molecular weight excluding hydrogens is 236 g/mol. The Morgan fingerprint density at radius 1 is 1.22 bits per heavy atom. The van der Waals surface area contributed by atoms with Gasteiger partial charge in [0.05, 0.1) is 11.0 Å². The molecule has 18 heavy (non-hydrogen) atoms. The molecular formula is C12H16N2O4. The topological polar surface area (TPSA) is 116 Å². The maximum atomic E-state index is 11.7. The first kappa shape index (κ1) is 13.8. The van der Waals surface area contributed by atoms with Crippen LogP contribution in [0.15, 0.2) is 18.2 Å². The standard InChI is InChI=1S/C12H16N2O4/c1-12(2,11(16)17)6-18-10(15)7-3-8(13)5-9(14)4-7/h3-5H,6,13-14H2,1-2H3,(H,16,17). The number of benzene rings is 1. The van der Waals surface area contributed by atoms with Gasteiger partial charge >= 0.3 is 11.9 Å². The van der Waals surface area contributed by atoms with Crippen LogP contribution < -0.4 is 11.5 Å². The number of rotatable bonds is 4. The Balaban J connectivity index is 2.75. The molecule has 0 amide bonds. The second-order valence-electron chi connectivity index (χ2n) is 4.65. The van der Waals surface area contributed by atoms with Crippen molar-refractivity contribution < 1.29 is 19.4 Å². The van der Waals surface area contributed by atoms with Crippen molar-refractivity contribution in [3.63, 3.8) is 0 Å². The summed E-state index contributed by atoms with van der Waals surface area (Å²) in [5.41, 5.74) is 10.8. The van der Waals surface area contributed by atoms with Crippen LogP contribution in [0.4, 0.5) is 11.4 Å². The predicted molar refractivity (Wildman–Crippen MR) is 67.0 cm³/mol. The quantitative estimate of drug-likeness (QED) is 0.546. The highest BCUT2D eigenvalue weighted by molar-refractivity contribution is 5.92. The summed E-state index contributed by atoms with van der Waals surface area (Å²) in [6.45, 7) is 2.71. The number of nitrogens with two attached hydrogens (primary N) is 2. The van der Waals surface area contributed by atoms with Gasteiger partial charge in [0.25, 0.3) is 0 Å². The Morgan fingerprint density at radius 2 is 1.72 bits per heavy atom. The SMILES string of the molecule is CC(C)(COC(=O)c1cc(N)cc(N)c1)C(=O)O. The number of carbonyl (C=O) groups is 2. The normalized spacial score (nSPS) is 11.0. The summed E-state index contributed by atoms with van der Waals surface area (Å²) in [4.78, 5) is 22.5.